The summed E-state index contributed by atoms with van der Waals surface area (Å²) in [7, 11) is 0. The summed E-state index contributed by atoms with van der Waals surface area (Å²) in [5, 5.41) is 1.96. The number of nitrogens with zero attached hydrogens (tertiary/aromatic N) is 1. The van der Waals surface area contributed by atoms with Crippen LogP contribution in [-0.2, 0) is 0 Å². The molecule has 1 nitrogen and oxygen atoms in total. The molecule has 0 spiro atoms. The van der Waals surface area contributed by atoms with Crippen molar-refractivity contribution >= 4 is 21.8 Å². The van der Waals surface area contributed by atoms with Gasteiger partial charge in [0.05, 0.1) is 11.0 Å². The molecule has 1 aromatic heterocycles. The predicted octanol–water partition coefficient (Wildman–Crippen LogP) is 5.33. The number of aromatic nitrogens is 1. The van der Waals surface area contributed by atoms with E-state index in [1.165, 1.54) is 12.1 Å². The molecule has 1 heterocycles. The molecule has 0 aliphatic carbocycles. The van der Waals surface area contributed by atoms with Crippen LogP contribution in [0, 0.1) is 11.6 Å². The third-order valence-electron chi connectivity index (χ3n) is 3.76. The van der Waals surface area contributed by atoms with Crippen molar-refractivity contribution in [3.05, 3.63) is 78.4 Å². The van der Waals surface area contributed by atoms with Crippen LogP contribution >= 0.6 is 0 Å². The van der Waals surface area contributed by atoms with Gasteiger partial charge < -0.3 is 0 Å². The van der Waals surface area contributed by atoms with Gasteiger partial charge in [-0.15, -0.1) is 0 Å². The van der Waals surface area contributed by atoms with Crippen molar-refractivity contribution in [2.24, 2.45) is 0 Å². The summed E-state index contributed by atoms with van der Waals surface area (Å²) in [6, 6.07) is 19.1. The summed E-state index contributed by atoms with van der Waals surface area (Å²) in [5.74, 6) is -1.14. The van der Waals surface area contributed by atoms with E-state index in [2.05, 4.69) is 4.98 Å². The van der Waals surface area contributed by atoms with Crippen molar-refractivity contribution in [2.75, 3.05) is 0 Å². The summed E-state index contributed by atoms with van der Waals surface area (Å²) in [5.41, 5.74) is 2.87. The zero-order valence-corrected chi connectivity index (χ0v) is 11.6. The van der Waals surface area contributed by atoms with Gasteiger partial charge in [0.15, 0.2) is 0 Å². The van der Waals surface area contributed by atoms with E-state index in [0.717, 1.165) is 27.9 Å². The van der Waals surface area contributed by atoms with Crippen LogP contribution in [0.4, 0.5) is 8.78 Å². The molecule has 0 aliphatic rings. The zero-order chi connectivity index (χ0) is 15.1. The second-order valence-electron chi connectivity index (χ2n) is 5.21. The largest absolute Gasteiger partial charge is 0.248 e. The number of rotatable bonds is 1. The van der Waals surface area contributed by atoms with Gasteiger partial charge in [0, 0.05) is 22.4 Å². The van der Waals surface area contributed by atoms with Crippen LogP contribution in [-0.4, -0.2) is 4.98 Å². The van der Waals surface area contributed by atoms with Gasteiger partial charge in [0.2, 0.25) is 0 Å². The summed E-state index contributed by atoms with van der Waals surface area (Å²) in [4.78, 5) is 4.60. The molecule has 3 heteroatoms. The van der Waals surface area contributed by atoms with Crippen molar-refractivity contribution in [1.82, 2.24) is 4.98 Å². The molecule has 3 aromatic carbocycles. The van der Waals surface area contributed by atoms with E-state index in [1.807, 2.05) is 42.5 Å². The molecular weight excluding hydrogens is 280 g/mol. The molecular formula is C19H11F2N. The molecule has 0 aliphatic heterocycles. The van der Waals surface area contributed by atoms with Gasteiger partial charge in [-0.1, -0.05) is 24.3 Å². The Morgan fingerprint density at radius 3 is 2.36 bits per heavy atom. The number of para-hydroxylation sites is 1. The first-order valence-electron chi connectivity index (χ1n) is 6.96. The topological polar surface area (TPSA) is 12.9 Å². The Balaban J connectivity index is 1.94. The van der Waals surface area contributed by atoms with Crippen LogP contribution in [0.3, 0.4) is 0 Å². The molecule has 4 aromatic rings. The van der Waals surface area contributed by atoms with Gasteiger partial charge in [-0.05, 0) is 42.0 Å². The van der Waals surface area contributed by atoms with Gasteiger partial charge in [0.25, 0.3) is 0 Å². The van der Waals surface area contributed by atoms with Gasteiger partial charge in [-0.25, -0.2) is 13.8 Å². The fourth-order valence-corrected chi connectivity index (χ4v) is 2.67. The monoisotopic (exact) mass is 291 g/mol. The highest BCUT2D eigenvalue weighted by atomic mass is 19.1. The first kappa shape index (κ1) is 12.9. The zero-order valence-electron chi connectivity index (χ0n) is 11.6. The van der Waals surface area contributed by atoms with Crippen molar-refractivity contribution in [1.29, 1.82) is 0 Å². The Morgan fingerprint density at radius 1 is 0.682 bits per heavy atom. The Kier molecular flexibility index (Phi) is 2.86. The van der Waals surface area contributed by atoms with E-state index in [-0.39, 0.29) is 0 Å². The van der Waals surface area contributed by atoms with Crippen LogP contribution in [0.5, 0.6) is 0 Å². The average Bonchev–Trinajstić information content (AvgIpc) is 2.52. The molecule has 0 atom stereocenters. The number of pyridine rings is 1. The molecule has 0 amide bonds. The first-order chi connectivity index (χ1) is 10.7. The van der Waals surface area contributed by atoms with E-state index < -0.39 is 11.6 Å². The Morgan fingerprint density at radius 2 is 1.50 bits per heavy atom. The van der Waals surface area contributed by atoms with Gasteiger partial charge in [-0.3, -0.25) is 0 Å². The van der Waals surface area contributed by atoms with E-state index in [0.29, 0.717) is 11.1 Å². The summed E-state index contributed by atoms with van der Waals surface area (Å²) < 4.78 is 27.0. The summed E-state index contributed by atoms with van der Waals surface area (Å²) >= 11 is 0. The van der Waals surface area contributed by atoms with Crippen LogP contribution in [0.25, 0.3) is 32.9 Å². The predicted molar refractivity (Wildman–Crippen MR) is 84.6 cm³/mol. The van der Waals surface area contributed by atoms with Crippen LogP contribution in [0.1, 0.15) is 0 Å². The smallest absolute Gasteiger partial charge is 0.133 e. The normalized spacial score (nSPS) is 11.2. The maximum absolute atomic E-state index is 13.9. The quantitative estimate of drug-likeness (QED) is 0.432. The van der Waals surface area contributed by atoms with Crippen LogP contribution in [0.15, 0.2) is 66.7 Å². The minimum atomic E-state index is -0.574. The van der Waals surface area contributed by atoms with Crippen LogP contribution in [0.2, 0.25) is 0 Å². The third-order valence-corrected chi connectivity index (χ3v) is 3.76. The Bertz CT molecular complexity index is 1010. The highest BCUT2D eigenvalue weighted by Gasteiger charge is 2.08. The highest BCUT2D eigenvalue weighted by Crippen LogP contribution is 2.28. The fraction of sp³-hybridized carbons (Fsp3) is 0. The lowest BCUT2D eigenvalue weighted by molar-refractivity contribution is 0.585. The molecule has 0 bridgehead atoms. The third kappa shape index (κ3) is 2.11. The second-order valence-corrected chi connectivity index (χ2v) is 5.21. The summed E-state index contributed by atoms with van der Waals surface area (Å²) in [6.07, 6.45) is 0. The minimum absolute atomic E-state index is 0.386. The van der Waals surface area contributed by atoms with E-state index in [1.54, 1.807) is 6.07 Å². The summed E-state index contributed by atoms with van der Waals surface area (Å²) in [6.45, 7) is 0. The minimum Gasteiger partial charge on any atom is -0.248 e. The average molecular weight is 291 g/mol. The number of hydrogen-bond donors (Lipinski definition) is 0. The number of halogens is 2. The van der Waals surface area contributed by atoms with Crippen LogP contribution < -0.4 is 0 Å². The molecule has 0 radical (unpaired) electrons. The highest BCUT2D eigenvalue weighted by molar-refractivity contribution is 5.94. The first-order valence-corrected chi connectivity index (χ1v) is 6.96. The molecule has 0 N–H and O–H groups in total. The lowest BCUT2D eigenvalue weighted by atomic mass is 10.0. The molecule has 22 heavy (non-hydrogen) atoms. The van der Waals surface area contributed by atoms with Crippen molar-refractivity contribution in [3.8, 4) is 11.1 Å². The van der Waals surface area contributed by atoms with Crippen molar-refractivity contribution < 1.29 is 8.78 Å². The molecule has 0 saturated carbocycles. The van der Waals surface area contributed by atoms with E-state index in [9.17, 15) is 8.78 Å². The molecule has 0 saturated heterocycles. The molecule has 0 unspecified atom stereocenters. The van der Waals surface area contributed by atoms with E-state index >= 15 is 0 Å². The molecule has 0 fully saturated rings. The Labute approximate surface area is 125 Å². The SMILES string of the molecule is Fc1ccc(-c2ccc3nc4ccccc4cc3c2)c(F)c1. The maximum atomic E-state index is 13.9. The fourth-order valence-electron chi connectivity index (χ4n) is 2.67. The van der Waals surface area contributed by atoms with Gasteiger partial charge >= 0.3 is 0 Å². The number of hydrogen-bond acceptors (Lipinski definition) is 1. The number of benzene rings is 3. The van der Waals surface area contributed by atoms with Gasteiger partial charge in [0.1, 0.15) is 11.6 Å². The Hall–Kier alpha value is -2.81. The standard InChI is InChI=1S/C19H11F2N/c20-15-6-7-16(17(21)11-15)12-5-8-19-14(9-12)10-13-3-1-2-4-18(13)22-19/h1-11H. The number of fused-ring (bicyclic) bond motifs is 2. The molecule has 4 rings (SSSR count). The van der Waals surface area contributed by atoms with Gasteiger partial charge in [-0.2, -0.15) is 0 Å². The maximum Gasteiger partial charge on any atom is 0.133 e. The lowest BCUT2D eigenvalue weighted by Gasteiger charge is -2.06. The van der Waals surface area contributed by atoms with Crippen molar-refractivity contribution in [3.63, 3.8) is 0 Å². The molecule has 106 valence electrons. The lowest BCUT2D eigenvalue weighted by Crippen LogP contribution is -1.88. The van der Waals surface area contributed by atoms with Crippen molar-refractivity contribution in [2.45, 2.75) is 0 Å². The van der Waals surface area contributed by atoms with E-state index in [4.69, 9.17) is 0 Å². The second kappa shape index (κ2) is 4.88.